The van der Waals surface area contributed by atoms with Crippen LogP contribution in [-0.4, -0.2) is 33.8 Å². The molecule has 2 fully saturated rings. The van der Waals surface area contributed by atoms with Gasteiger partial charge in [-0.2, -0.15) is 0 Å². The number of hydrogen-bond donors (Lipinski definition) is 2. The average molecular weight is 351 g/mol. The second-order valence-corrected chi connectivity index (χ2v) is 8.10. The molecule has 3 aliphatic rings. The molecule has 0 bridgehead atoms. The van der Waals surface area contributed by atoms with Crippen molar-refractivity contribution in [3.8, 4) is 0 Å². The van der Waals surface area contributed by atoms with Crippen LogP contribution in [0, 0.1) is 5.92 Å². The van der Waals surface area contributed by atoms with Crippen molar-refractivity contribution in [1.29, 1.82) is 0 Å². The average Bonchev–Trinajstić information content (AvgIpc) is 3.04. The number of carbonyl (C=O) groups excluding carboxylic acids is 2. The maximum atomic E-state index is 13.1. The minimum absolute atomic E-state index is 0.00236. The van der Waals surface area contributed by atoms with Gasteiger partial charge in [0.1, 0.15) is 12.1 Å². The van der Waals surface area contributed by atoms with E-state index in [0.29, 0.717) is 12.3 Å². The standard InChI is InChI=1S/C21H25N3O2/c1-12-21(26)24-17(20(25)22-12)11-15-14-9-5-6-10-16(14)23-18(15)19(24)13-7-3-2-4-8-13/h5-6,9-10,12-13,17,19,23H,2-4,7-8,11H2,1H3,(H,22,25)/t12?,17-,19?/m0/s1. The molecule has 2 amide bonds. The second-order valence-electron chi connectivity index (χ2n) is 8.10. The third kappa shape index (κ3) is 2.22. The van der Waals surface area contributed by atoms with Crippen LogP contribution in [0.4, 0.5) is 0 Å². The van der Waals surface area contributed by atoms with E-state index in [1.54, 1.807) is 6.92 Å². The molecule has 2 N–H and O–H groups in total. The lowest BCUT2D eigenvalue weighted by Crippen LogP contribution is -2.65. The smallest absolute Gasteiger partial charge is 0.246 e. The van der Waals surface area contributed by atoms with Crippen molar-refractivity contribution in [2.24, 2.45) is 5.92 Å². The predicted molar refractivity (Wildman–Crippen MR) is 99.6 cm³/mol. The lowest BCUT2D eigenvalue weighted by molar-refractivity contribution is -0.154. The Bertz CT molecular complexity index is 881. The highest BCUT2D eigenvalue weighted by atomic mass is 16.2. The molecule has 5 nitrogen and oxygen atoms in total. The van der Waals surface area contributed by atoms with Gasteiger partial charge in [-0.15, -0.1) is 0 Å². The molecule has 1 saturated heterocycles. The van der Waals surface area contributed by atoms with Crippen LogP contribution in [0.25, 0.3) is 10.9 Å². The highest BCUT2D eigenvalue weighted by Gasteiger charge is 2.49. The SMILES string of the molecule is CC1NC(=O)[C@@H]2Cc3c([nH]c4ccccc34)C(C3CCCCC3)N2C1=O. The topological polar surface area (TPSA) is 65.2 Å². The van der Waals surface area contributed by atoms with Crippen LogP contribution >= 0.6 is 0 Å². The Hall–Kier alpha value is -2.30. The maximum absolute atomic E-state index is 13.1. The number of rotatable bonds is 1. The fraction of sp³-hybridized carbons (Fsp3) is 0.524. The Morgan fingerprint density at radius 2 is 1.85 bits per heavy atom. The second kappa shape index (κ2) is 5.86. The van der Waals surface area contributed by atoms with Gasteiger partial charge < -0.3 is 15.2 Å². The number of aromatic nitrogens is 1. The molecule has 5 heteroatoms. The minimum Gasteiger partial charge on any atom is -0.356 e. The van der Waals surface area contributed by atoms with Crippen molar-refractivity contribution in [3.05, 3.63) is 35.5 Å². The van der Waals surface area contributed by atoms with Gasteiger partial charge >= 0.3 is 0 Å². The molecule has 136 valence electrons. The number of fused-ring (bicyclic) bond motifs is 4. The Labute approximate surface area is 153 Å². The van der Waals surface area contributed by atoms with E-state index in [2.05, 4.69) is 22.4 Å². The van der Waals surface area contributed by atoms with E-state index in [-0.39, 0.29) is 23.9 Å². The van der Waals surface area contributed by atoms with Crippen LogP contribution in [0.1, 0.15) is 56.3 Å². The van der Waals surface area contributed by atoms with Gasteiger partial charge in [0.15, 0.2) is 0 Å². The first-order valence-electron chi connectivity index (χ1n) is 9.87. The fourth-order valence-corrected chi connectivity index (χ4v) is 5.34. The Morgan fingerprint density at radius 3 is 2.65 bits per heavy atom. The summed E-state index contributed by atoms with van der Waals surface area (Å²) in [6.07, 6.45) is 6.57. The van der Waals surface area contributed by atoms with Gasteiger partial charge in [0.2, 0.25) is 11.8 Å². The van der Waals surface area contributed by atoms with E-state index in [4.69, 9.17) is 0 Å². The van der Waals surface area contributed by atoms with Crippen molar-refractivity contribution in [2.45, 2.75) is 63.6 Å². The Morgan fingerprint density at radius 1 is 1.08 bits per heavy atom. The van der Waals surface area contributed by atoms with Crippen LogP contribution in [-0.2, 0) is 16.0 Å². The molecule has 1 aromatic heterocycles. The molecule has 5 rings (SSSR count). The summed E-state index contributed by atoms with van der Waals surface area (Å²) in [4.78, 5) is 31.4. The summed E-state index contributed by atoms with van der Waals surface area (Å²) in [6.45, 7) is 1.80. The number of aromatic amines is 1. The summed E-state index contributed by atoms with van der Waals surface area (Å²) in [7, 11) is 0. The molecule has 3 atom stereocenters. The normalized spacial score (nSPS) is 29.4. The first kappa shape index (κ1) is 15.9. The van der Waals surface area contributed by atoms with E-state index < -0.39 is 6.04 Å². The van der Waals surface area contributed by atoms with Gasteiger partial charge in [-0.05, 0) is 37.3 Å². The minimum atomic E-state index is -0.434. The highest BCUT2D eigenvalue weighted by Crippen LogP contribution is 2.46. The summed E-state index contributed by atoms with van der Waals surface area (Å²) in [5.74, 6) is 0.490. The number of para-hydroxylation sites is 1. The molecule has 2 unspecified atom stereocenters. The zero-order valence-electron chi connectivity index (χ0n) is 15.1. The molecule has 2 aromatic rings. The summed E-state index contributed by atoms with van der Waals surface area (Å²) in [6, 6.07) is 7.49. The van der Waals surface area contributed by atoms with Gasteiger partial charge in [0.05, 0.1) is 6.04 Å². The quantitative estimate of drug-likeness (QED) is 0.829. The van der Waals surface area contributed by atoms with Crippen LogP contribution in [0.15, 0.2) is 24.3 Å². The van der Waals surface area contributed by atoms with Crippen molar-refractivity contribution in [3.63, 3.8) is 0 Å². The molecule has 2 aliphatic heterocycles. The number of benzene rings is 1. The fourth-order valence-electron chi connectivity index (χ4n) is 5.34. The van der Waals surface area contributed by atoms with E-state index >= 15 is 0 Å². The van der Waals surface area contributed by atoms with Crippen LogP contribution in [0.3, 0.4) is 0 Å². The van der Waals surface area contributed by atoms with E-state index in [0.717, 1.165) is 18.4 Å². The van der Waals surface area contributed by atoms with Crippen molar-refractivity contribution >= 4 is 22.7 Å². The zero-order valence-corrected chi connectivity index (χ0v) is 15.1. The molecule has 0 radical (unpaired) electrons. The van der Waals surface area contributed by atoms with E-state index in [1.807, 2.05) is 17.0 Å². The molecule has 1 saturated carbocycles. The van der Waals surface area contributed by atoms with Gasteiger partial charge in [-0.25, -0.2) is 0 Å². The molecule has 26 heavy (non-hydrogen) atoms. The van der Waals surface area contributed by atoms with Crippen LogP contribution in [0.5, 0.6) is 0 Å². The maximum Gasteiger partial charge on any atom is 0.246 e. The van der Waals surface area contributed by atoms with Crippen LogP contribution < -0.4 is 5.32 Å². The van der Waals surface area contributed by atoms with E-state index in [1.165, 1.54) is 35.9 Å². The molecule has 0 spiro atoms. The molecular weight excluding hydrogens is 326 g/mol. The predicted octanol–water partition coefficient (Wildman–Crippen LogP) is 3.06. The largest absolute Gasteiger partial charge is 0.356 e. The van der Waals surface area contributed by atoms with Gasteiger partial charge in [-0.1, -0.05) is 37.5 Å². The summed E-state index contributed by atoms with van der Waals surface area (Å²) >= 11 is 0. The number of nitrogens with one attached hydrogen (secondary N) is 2. The summed E-state index contributed by atoms with van der Waals surface area (Å²) < 4.78 is 0. The first-order valence-corrected chi connectivity index (χ1v) is 9.87. The number of piperazine rings is 1. The lowest BCUT2D eigenvalue weighted by Gasteiger charge is -2.49. The van der Waals surface area contributed by atoms with Gasteiger partial charge in [-0.3, -0.25) is 9.59 Å². The third-order valence-corrected chi connectivity index (χ3v) is 6.56. The monoisotopic (exact) mass is 351 g/mol. The molecule has 1 aliphatic carbocycles. The van der Waals surface area contributed by atoms with Crippen molar-refractivity contribution in [1.82, 2.24) is 15.2 Å². The Kier molecular flexibility index (Phi) is 3.59. The van der Waals surface area contributed by atoms with Crippen molar-refractivity contribution in [2.75, 3.05) is 0 Å². The number of amides is 2. The lowest BCUT2D eigenvalue weighted by atomic mass is 9.77. The Balaban J connectivity index is 1.69. The number of H-pyrrole nitrogens is 1. The summed E-state index contributed by atoms with van der Waals surface area (Å²) in [5, 5.41) is 4.08. The number of carbonyl (C=O) groups is 2. The molecular formula is C21H25N3O2. The number of nitrogens with zero attached hydrogens (tertiary/aromatic N) is 1. The number of hydrogen-bond acceptors (Lipinski definition) is 2. The third-order valence-electron chi connectivity index (χ3n) is 6.56. The summed E-state index contributed by atoms with van der Waals surface area (Å²) in [5.41, 5.74) is 3.51. The zero-order chi connectivity index (χ0) is 17.8. The highest BCUT2D eigenvalue weighted by molar-refractivity contribution is 5.98. The first-order chi connectivity index (χ1) is 12.6. The van der Waals surface area contributed by atoms with Crippen molar-refractivity contribution < 1.29 is 9.59 Å². The van der Waals surface area contributed by atoms with Crippen LogP contribution in [0.2, 0.25) is 0 Å². The molecule has 1 aromatic carbocycles. The van der Waals surface area contributed by atoms with E-state index in [9.17, 15) is 9.59 Å². The van der Waals surface area contributed by atoms with Gasteiger partial charge in [0.25, 0.3) is 0 Å². The van der Waals surface area contributed by atoms with Gasteiger partial charge in [0, 0.05) is 23.0 Å². The molecule has 3 heterocycles.